The number of ether oxygens (including phenoxy) is 2. The van der Waals surface area contributed by atoms with Crippen LogP contribution in [0.3, 0.4) is 0 Å². The van der Waals surface area contributed by atoms with Gasteiger partial charge < -0.3 is 9.47 Å². The van der Waals surface area contributed by atoms with Gasteiger partial charge in [-0.1, -0.05) is 18.2 Å². The van der Waals surface area contributed by atoms with Crippen LogP contribution in [0.15, 0.2) is 24.3 Å². The van der Waals surface area contributed by atoms with Crippen LogP contribution in [0, 0.1) is 6.92 Å². The van der Waals surface area contributed by atoms with Crippen LogP contribution in [0.2, 0.25) is 0 Å². The zero-order valence-corrected chi connectivity index (χ0v) is 16.7. The topological polar surface area (TPSA) is 68.7 Å². The molecule has 0 fully saturated rings. The summed E-state index contributed by atoms with van der Waals surface area (Å²) in [6.07, 6.45) is 0. The van der Waals surface area contributed by atoms with Crippen molar-refractivity contribution < 1.29 is 19.1 Å². The zero-order valence-electron chi connectivity index (χ0n) is 16.7. The van der Waals surface area contributed by atoms with Crippen molar-refractivity contribution in [3.63, 3.8) is 0 Å². The number of pyridine rings is 1. The number of hydrogen-bond donors (Lipinski definition) is 0. The summed E-state index contributed by atoms with van der Waals surface area (Å²) in [4.78, 5) is 31.3. The lowest BCUT2D eigenvalue weighted by Crippen LogP contribution is -2.37. The number of aromatic nitrogens is 1. The van der Waals surface area contributed by atoms with Gasteiger partial charge in [0, 0.05) is 18.0 Å². The second-order valence-corrected chi connectivity index (χ2v) is 6.60. The van der Waals surface area contributed by atoms with E-state index in [-0.39, 0.29) is 24.5 Å². The van der Waals surface area contributed by atoms with Crippen molar-refractivity contribution in [1.29, 1.82) is 0 Å². The molecule has 0 saturated carbocycles. The fourth-order valence-electron chi connectivity index (χ4n) is 3.02. The predicted octanol–water partition coefficient (Wildman–Crippen LogP) is 3.49. The molecule has 0 atom stereocenters. The maximum absolute atomic E-state index is 12.6. The number of hydrogen-bond acceptors (Lipinski definition) is 6. The van der Waals surface area contributed by atoms with Gasteiger partial charge in [0.15, 0.2) is 0 Å². The van der Waals surface area contributed by atoms with Gasteiger partial charge in [-0.3, -0.25) is 14.7 Å². The minimum atomic E-state index is -0.386. The molecule has 0 radical (unpaired) electrons. The molecular weight excluding hydrogens is 344 g/mol. The van der Waals surface area contributed by atoms with Crippen molar-refractivity contribution >= 4 is 22.8 Å². The van der Waals surface area contributed by atoms with Crippen LogP contribution in [0.4, 0.5) is 0 Å². The molecule has 0 aliphatic heterocycles. The molecule has 0 spiro atoms. The van der Waals surface area contributed by atoms with Gasteiger partial charge in [0.25, 0.3) is 0 Å². The van der Waals surface area contributed by atoms with Crippen LogP contribution < -0.4 is 0 Å². The maximum atomic E-state index is 12.6. The fourth-order valence-corrected chi connectivity index (χ4v) is 3.02. The molecule has 0 unspecified atom stereocenters. The first-order chi connectivity index (χ1) is 12.9. The zero-order chi connectivity index (χ0) is 20.0. The van der Waals surface area contributed by atoms with E-state index in [9.17, 15) is 9.59 Å². The summed E-state index contributed by atoms with van der Waals surface area (Å²) in [6, 6.07) is 7.79. The van der Waals surface area contributed by atoms with Crippen LogP contribution in [0.25, 0.3) is 10.9 Å². The van der Waals surface area contributed by atoms with Crippen molar-refractivity contribution in [1.82, 2.24) is 9.88 Å². The lowest BCUT2D eigenvalue weighted by molar-refractivity contribution is -0.145. The van der Waals surface area contributed by atoms with Gasteiger partial charge in [-0.15, -0.1) is 0 Å². The van der Waals surface area contributed by atoms with Crippen molar-refractivity contribution in [2.24, 2.45) is 0 Å². The molecule has 0 N–H and O–H groups in total. The van der Waals surface area contributed by atoms with Crippen LogP contribution >= 0.6 is 0 Å². The summed E-state index contributed by atoms with van der Waals surface area (Å²) >= 11 is 0. The Balaban J connectivity index is 2.49. The number of carbonyl (C=O) groups is 2. The number of esters is 2. The monoisotopic (exact) mass is 372 g/mol. The van der Waals surface area contributed by atoms with Gasteiger partial charge >= 0.3 is 11.9 Å². The molecule has 0 aliphatic carbocycles. The molecule has 2 rings (SSSR count). The maximum Gasteiger partial charge on any atom is 0.340 e. The quantitative estimate of drug-likeness (QED) is 0.661. The standard InChI is InChI=1S/C21H28N2O4/c1-6-26-19(24)13-23(14(3)4)12-18-20(21(25)27-7-2)15(5)16-10-8-9-11-17(16)22-18/h8-11,14H,6-7,12-13H2,1-5H3. The third-order valence-electron chi connectivity index (χ3n) is 4.43. The van der Waals surface area contributed by atoms with Gasteiger partial charge in [-0.05, 0) is 46.2 Å². The predicted molar refractivity (Wildman–Crippen MR) is 105 cm³/mol. The Bertz CT molecular complexity index is 817. The van der Waals surface area contributed by atoms with Crippen molar-refractivity contribution in [3.8, 4) is 0 Å². The molecule has 6 nitrogen and oxygen atoms in total. The fraction of sp³-hybridized carbons (Fsp3) is 0.476. The molecule has 0 aliphatic rings. The normalized spacial score (nSPS) is 11.2. The average molecular weight is 372 g/mol. The van der Waals surface area contributed by atoms with Crippen molar-refractivity contribution in [2.75, 3.05) is 19.8 Å². The molecule has 27 heavy (non-hydrogen) atoms. The van der Waals surface area contributed by atoms with Gasteiger partial charge in [0.05, 0.1) is 36.5 Å². The lowest BCUT2D eigenvalue weighted by Gasteiger charge is -2.26. The Hall–Kier alpha value is -2.47. The van der Waals surface area contributed by atoms with E-state index in [0.717, 1.165) is 16.5 Å². The van der Waals surface area contributed by atoms with Crippen LogP contribution in [-0.2, 0) is 20.8 Å². The van der Waals surface area contributed by atoms with Gasteiger partial charge in [0.1, 0.15) is 0 Å². The highest BCUT2D eigenvalue weighted by molar-refractivity contribution is 5.98. The van der Waals surface area contributed by atoms with Crippen molar-refractivity contribution in [3.05, 3.63) is 41.1 Å². The van der Waals surface area contributed by atoms with E-state index in [4.69, 9.17) is 14.5 Å². The van der Waals surface area contributed by atoms with Gasteiger partial charge in [0.2, 0.25) is 0 Å². The largest absolute Gasteiger partial charge is 0.465 e. The molecule has 1 heterocycles. The Morgan fingerprint density at radius 2 is 1.78 bits per heavy atom. The van der Waals surface area contributed by atoms with Crippen LogP contribution in [-0.4, -0.2) is 47.6 Å². The van der Waals surface area contributed by atoms with E-state index in [1.165, 1.54) is 0 Å². The van der Waals surface area contributed by atoms with Crippen molar-refractivity contribution in [2.45, 2.75) is 47.2 Å². The van der Waals surface area contributed by atoms with Gasteiger partial charge in [-0.2, -0.15) is 0 Å². The highest BCUT2D eigenvalue weighted by Gasteiger charge is 2.23. The molecule has 0 saturated heterocycles. The van der Waals surface area contributed by atoms with E-state index >= 15 is 0 Å². The van der Waals surface area contributed by atoms with E-state index in [0.29, 0.717) is 31.0 Å². The van der Waals surface area contributed by atoms with Crippen LogP contribution in [0.1, 0.15) is 49.3 Å². The number of para-hydroxylation sites is 1. The average Bonchev–Trinajstić information content (AvgIpc) is 2.61. The SMILES string of the molecule is CCOC(=O)CN(Cc1nc2ccccc2c(C)c1C(=O)OCC)C(C)C. The highest BCUT2D eigenvalue weighted by Crippen LogP contribution is 2.25. The Kier molecular flexibility index (Phi) is 7.30. The number of aryl methyl sites for hydroxylation is 1. The molecular formula is C21H28N2O4. The number of rotatable bonds is 8. The summed E-state index contributed by atoms with van der Waals surface area (Å²) < 4.78 is 10.3. The third kappa shape index (κ3) is 5.04. The summed E-state index contributed by atoms with van der Waals surface area (Å²) in [6.45, 7) is 10.6. The summed E-state index contributed by atoms with van der Waals surface area (Å²) in [7, 11) is 0. The second kappa shape index (κ2) is 9.46. The van der Waals surface area contributed by atoms with E-state index in [1.54, 1.807) is 13.8 Å². The molecule has 1 aromatic carbocycles. The molecule has 0 bridgehead atoms. The molecule has 146 valence electrons. The van der Waals surface area contributed by atoms with E-state index in [2.05, 4.69) is 0 Å². The number of benzene rings is 1. The first-order valence-corrected chi connectivity index (χ1v) is 9.34. The minimum Gasteiger partial charge on any atom is -0.465 e. The Morgan fingerprint density at radius 3 is 2.41 bits per heavy atom. The van der Waals surface area contributed by atoms with Crippen LogP contribution in [0.5, 0.6) is 0 Å². The van der Waals surface area contributed by atoms with Gasteiger partial charge in [-0.25, -0.2) is 4.79 Å². The summed E-state index contributed by atoms with van der Waals surface area (Å²) in [5.41, 5.74) is 2.75. The molecule has 1 aromatic heterocycles. The minimum absolute atomic E-state index is 0.0815. The Labute approximate surface area is 160 Å². The van der Waals surface area contributed by atoms with E-state index in [1.807, 2.05) is 49.9 Å². The van der Waals surface area contributed by atoms with E-state index < -0.39 is 0 Å². The Morgan fingerprint density at radius 1 is 1.11 bits per heavy atom. The molecule has 2 aromatic rings. The second-order valence-electron chi connectivity index (χ2n) is 6.60. The third-order valence-corrected chi connectivity index (χ3v) is 4.43. The number of fused-ring (bicyclic) bond motifs is 1. The smallest absolute Gasteiger partial charge is 0.340 e. The number of nitrogens with zero attached hydrogens (tertiary/aromatic N) is 2. The summed E-state index contributed by atoms with van der Waals surface area (Å²) in [5.74, 6) is -0.676. The number of carbonyl (C=O) groups excluding carboxylic acids is 2. The molecule has 0 amide bonds. The summed E-state index contributed by atoms with van der Waals surface area (Å²) in [5, 5.41) is 0.922. The first-order valence-electron chi connectivity index (χ1n) is 9.34. The first kappa shape index (κ1) is 20.8. The highest BCUT2D eigenvalue weighted by atomic mass is 16.5. The lowest BCUT2D eigenvalue weighted by atomic mass is 10.0. The molecule has 6 heteroatoms.